The van der Waals surface area contributed by atoms with Crippen molar-refractivity contribution in [2.45, 2.75) is 13.3 Å². The van der Waals surface area contributed by atoms with E-state index in [4.69, 9.17) is 5.26 Å². The van der Waals surface area contributed by atoms with Gasteiger partial charge in [0.1, 0.15) is 5.92 Å². The number of nitriles is 1. The summed E-state index contributed by atoms with van der Waals surface area (Å²) in [4.78, 5) is 13.5. The van der Waals surface area contributed by atoms with Crippen LogP contribution in [-0.4, -0.2) is 26.0 Å². The number of rotatable bonds is 6. The molecule has 1 unspecified atom stereocenters. The molecule has 1 N–H and O–H groups in total. The van der Waals surface area contributed by atoms with Gasteiger partial charge in [-0.1, -0.05) is 18.2 Å². The number of carbonyl (C=O) groups is 1. The normalized spacial score (nSPS) is 11.4. The second kappa shape index (κ2) is 7.33. The number of carbonyl (C=O) groups excluding carboxylic acids is 1. The number of hydrogen-bond acceptors (Lipinski definition) is 3. The van der Waals surface area contributed by atoms with Crippen LogP contribution in [0.15, 0.2) is 30.3 Å². The maximum absolute atomic E-state index is 11.3. The topological polar surface area (TPSA) is 56.1 Å². The molecule has 4 heteroatoms. The zero-order valence-corrected chi connectivity index (χ0v) is 10.9. The number of para-hydroxylation sites is 1. The van der Waals surface area contributed by atoms with E-state index >= 15 is 0 Å². The molecule has 0 fully saturated rings. The fourth-order valence-corrected chi connectivity index (χ4v) is 1.55. The van der Waals surface area contributed by atoms with Crippen molar-refractivity contribution in [3.05, 3.63) is 30.3 Å². The maximum Gasteiger partial charge on any atom is 0.237 e. The number of nitrogens with one attached hydrogen (secondary N) is 1. The van der Waals surface area contributed by atoms with Gasteiger partial charge >= 0.3 is 0 Å². The number of anilines is 1. The SMILES string of the molecule is CC(C#N)C(=O)NCCCN(C)c1ccccc1. The van der Waals surface area contributed by atoms with Crippen molar-refractivity contribution in [3.8, 4) is 6.07 Å². The monoisotopic (exact) mass is 245 g/mol. The fraction of sp³-hybridized carbons (Fsp3) is 0.429. The van der Waals surface area contributed by atoms with Crippen LogP contribution in [0.1, 0.15) is 13.3 Å². The molecule has 0 radical (unpaired) electrons. The van der Waals surface area contributed by atoms with Crippen molar-refractivity contribution < 1.29 is 4.79 Å². The minimum absolute atomic E-state index is 0.195. The van der Waals surface area contributed by atoms with E-state index in [9.17, 15) is 4.79 Å². The molecule has 0 saturated heterocycles. The van der Waals surface area contributed by atoms with E-state index in [0.717, 1.165) is 18.7 Å². The van der Waals surface area contributed by atoms with Crippen LogP contribution in [0.25, 0.3) is 0 Å². The van der Waals surface area contributed by atoms with Crippen LogP contribution >= 0.6 is 0 Å². The lowest BCUT2D eigenvalue weighted by atomic mass is 10.2. The third-order valence-corrected chi connectivity index (χ3v) is 2.75. The Labute approximate surface area is 108 Å². The molecular formula is C14H19N3O. The van der Waals surface area contributed by atoms with Gasteiger partial charge in [-0.15, -0.1) is 0 Å². The Hall–Kier alpha value is -2.02. The van der Waals surface area contributed by atoms with Gasteiger partial charge in [-0.3, -0.25) is 4.79 Å². The highest BCUT2D eigenvalue weighted by molar-refractivity contribution is 5.80. The van der Waals surface area contributed by atoms with Crippen molar-refractivity contribution in [2.75, 3.05) is 25.0 Å². The lowest BCUT2D eigenvalue weighted by Crippen LogP contribution is -2.31. The highest BCUT2D eigenvalue weighted by Crippen LogP contribution is 2.10. The Kier molecular flexibility index (Phi) is 5.72. The third kappa shape index (κ3) is 4.46. The van der Waals surface area contributed by atoms with Gasteiger partial charge in [0, 0.05) is 25.8 Å². The molecule has 1 aromatic carbocycles. The van der Waals surface area contributed by atoms with Crippen molar-refractivity contribution in [3.63, 3.8) is 0 Å². The third-order valence-electron chi connectivity index (χ3n) is 2.75. The van der Waals surface area contributed by atoms with Gasteiger partial charge in [0.15, 0.2) is 0 Å². The highest BCUT2D eigenvalue weighted by Gasteiger charge is 2.10. The van der Waals surface area contributed by atoms with E-state index in [1.54, 1.807) is 6.92 Å². The second-order valence-electron chi connectivity index (χ2n) is 4.25. The van der Waals surface area contributed by atoms with Crippen LogP contribution < -0.4 is 10.2 Å². The Morgan fingerprint density at radius 2 is 2.11 bits per heavy atom. The molecule has 18 heavy (non-hydrogen) atoms. The summed E-state index contributed by atoms with van der Waals surface area (Å²) in [6, 6.07) is 12.0. The minimum Gasteiger partial charge on any atom is -0.375 e. The number of nitrogens with zero attached hydrogens (tertiary/aromatic N) is 2. The molecule has 0 aliphatic heterocycles. The quantitative estimate of drug-likeness (QED) is 0.777. The summed E-state index contributed by atoms with van der Waals surface area (Å²) < 4.78 is 0. The van der Waals surface area contributed by atoms with Gasteiger partial charge in [-0.05, 0) is 25.5 Å². The zero-order chi connectivity index (χ0) is 13.4. The molecule has 0 aliphatic carbocycles. The first-order valence-corrected chi connectivity index (χ1v) is 6.08. The van der Waals surface area contributed by atoms with Gasteiger partial charge in [0.2, 0.25) is 5.91 Å². The molecule has 0 aliphatic rings. The number of amides is 1. The first kappa shape index (κ1) is 14.0. The van der Waals surface area contributed by atoms with Crippen molar-refractivity contribution in [1.82, 2.24) is 5.32 Å². The van der Waals surface area contributed by atoms with E-state index in [-0.39, 0.29) is 5.91 Å². The van der Waals surface area contributed by atoms with Crippen molar-refractivity contribution in [2.24, 2.45) is 5.92 Å². The van der Waals surface area contributed by atoms with Crippen LogP contribution in [0, 0.1) is 17.2 Å². The van der Waals surface area contributed by atoms with Crippen LogP contribution in [0.2, 0.25) is 0 Å². The molecule has 1 rings (SSSR count). The Morgan fingerprint density at radius 3 is 2.72 bits per heavy atom. The maximum atomic E-state index is 11.3. The highest BCUT2D eigenvalue weighted by atomic mass is 16.1. The van der Waals surface area contributed by atoms with Crippen LogP contribution in [0.3, 0.4) is 0 Å². The lowest BCUT2D eigenvalue weighted by molar-refractivity contribution is -0.122. The van der Waals surface area contributed by atoms with E-state index in [1.807, 2.05) is 31.3 Å². The van der Waals surface area contributed by atoms with Gasteiger partial charge in [0.25, 0.3) is 0 Å². The molecule has 96 valence electrons. The molecule has 0 saturated carbocycles. The molecule has 4 nitrogen and oxygen atoms in total. The summed E-state index contributed by atoms with van der Waals surface area (Å²) in [5, 5.41) is 11.3. The van der Waals surface area contributed by atoms with E-state index in [0.29, 0.717) is 6.54 Å². The van der Waals surface area contributed by atoms with Gasteiger partial charge < -0.3 is 10.2 Å². The van der Waals surface area contributed by atoms with E-state index < -0.39 is 5.92 Å². The van der Waals surface area contributed by atoms with Gasteiger partial charge in [-0.2, -0.15) is 5.26 Å². The van der Waals surface area contributed by atoms with Gasteiger partial charge in [0.05, 0.1) is 6.07 Å². The summed E-state index contributed by atoms with van der Waals surface area (Å²) in [6.07, 6.45) is 0.856. The second-order valence-corrected chi connectivity index (χ2v) is 4.25. The average Bonchev–Trinajstić information content (AvgIpc) is 2.43. The van der Waals surface area contributed by atoms with Gasteiger partial charge in [-0.25, -0.2) is 0 Å². The Bertz CT molecular complexity index is 411. The Balaban J connectivity index is 2.23. The first-order valence-electron chi connectivity index (χ1n) is 6.08. The average molecular weight is 245 g/mol. The smallest absolute Gasteiger partial charge is 0.237 e. The van der Waals surface area contributed by atoms with E-state index in [1.165, 1.54) is 0 Å². The molecular weight excluding hydrogens is 226 g/mol. The molecule has 1 aromatic rings. The van der Waals surface area contributed by atoms with Crippen LogP contribution in [-0.2, 0) is 4.79 Å². The molecule has 0 spiro atoms. The summed E-state index contributed by atoms with van der Waals surface area (Å²) >= 11 is 0. The number of hydrogen-bond donors (Lipinski definition) is 1. The van der Waals surface area contributed by atoms with Crippen LogP contribution in [0.4, 0.5) is 5.69 Å². The van der Waals surface area contributed by atoms with E-state index in [2.05, 4.69) is 22.3 Å². The molecule has 1 amide bonds. The predicted octanol–water partition coefficient (Wildman–Crippen LogP) is 1.79. The summed E-state index contributed by atoms with van der Waals surface area (Å²) in [6.45, 7) is 3.07. The predicted molar refractivity (Wildman–Crippen MR) is 72.1 cm³/mol. The van der Waals surface area contributed by atoms with Crippen LogP contribution in [0.5, 0.6) is 0 Å². The molecule has 1 atom stereocenters. The zero-order valence-electron chi connectivity index (χ0n) is 10.9. The largest absolute Gasteiger partial charge is 0.375 e. The molecule has 0 bridgehead atoms. The number of benzene rings is 1. The van der Waals surface area contributed by atoms with Crippen molar-refractivity contribution in [1.29, 1.82) is 5.26 Å². The minimum atomic E-state index is -0.572. The first-order chi connectivity index (χ1) is 8.65. The molecule has 0 heterocycles. The van der Waals surface area contributed by atoms with Crippen molar-refractivity contribution >= 4 is 11.6 Å². The summed E-state index contributed by atoms with van der Waals surface area (Å²) in [7, 11) is 2.02. The summed E-state index contributed by atoms with van der Waals surface area (Å²) in [5.41, 5.74) is 1.16. The standard InChI is InChI=1S/C14H19N3O/c1-12(11-15)14(18)16-9-6-10-17(2)13-7-4-3-5-8-13/h3-5,7-8,12H,6,9-10H2,1-2H3,(H,16,18). The summed E-state index contributed by atoms with van der Waals surface area (Å²) in [5.74, 6) is -0.767. The fourth-order valence-electron chi connectivity index (χ4n) is 1.55. The Morgan fingerprint density at radius 1 is 1.44 bits per heavy atom. The lowest BCUT2D eigenvalue weighted by Gasteiger charge is -2.19. The molecule has 0 aromatic heterocycles.